The first-order valence-electron chi connectivity index (χ1n) is 11.0. The van der Waals surface area contributed by atoms with E-state index in [-0.39, 0.29) is 12.5 Å². The van der Waals surface area contributed by atoms with Gasteiger partial charge in [-0.1, -0.05) is 54.1 Å². The minimum absolute atomic E-state index is 0.0264. The van der Waals surface area contributed by atoms with Crippen LogP contribution < -0.4 is 11.1 Å². The monoisotopic (exact) mass is 466 g/mol. The summed E-state index contributed by atoms with van der Waals surface area (Å²) in [7, 11) is 0. The van der Waals surface area contributed by atoms with Gasteiger partial charge < -0.3 is 31.4 Å². The molecule has 0 aliphatic heterocycles. The Morgan fingerprint density at radius 3 is 2.53 bits per heavy atom. The molecule has 182 valence electrons. The van der Waals surface area contributed by atoms with E-state index >= 15 is 0 Å². The topological polar surface area (TPSA) is 144 Å². The Bertz CT molecular complexity index is 1080. The van der Waals surface area contributed by atoms with E-state index in [0.717, 1.165) is 16.7 Å². The van der Waals surface area contributed by atoms with E-state index in [4.69, 9.17) is 5.73 Å². The number of allylic oxidation sites excluding steroid dienone is 3. The van der Waals surface area contributed by atoms with Crippen LogP contribution in [0.2, 0.25) is 0 Å². The van der Waals surface area contributed by atoms with Crippen LogP contribution in [0, 0.1) is 6.92 Å². The second kappa shape index (κ2) is 12.6. The van der Waals surface area contributed by atoms with Crippen LogP contribution in [-0.2, 0) is 4.79 Å². The molecule has 1 aromatic carbocycles. The predicted molar refractivity (Wildman–Crippen MR) is 135 cm³/mol. The van der Waals surface area contributed by atoms with Crippen LogP contribution in [0.4, 0.5) is 0 Å². The summed E-state index contributed by atoms with van der Waals surface area (Å²) in [6.07, 6.45) is 7.00. The van der Waals surface area contributed by atoms with Gasteiger partial charge in [0.2, 0.25) is 0 Å². The highest BCUT2D eigenvalue weighted by Gasteiger charge is 2.20. The normalized spacial score (nSPS) is 15.9. The van der Waals surface area contributed by atoms with Gasteiger partial charge in [-0.25, -0.2) is 9.79 Å². The number of nitrogens with zero attached hydrogens (tertiary/aromatic N) is 1. The molecule has 0 fully saturated rings. The number of aliphatic imine (C=N–C) groups is 1. The van der Waals surface area contributed by atoms with Crippen molar-refractivity contribution in [1.82, 2.24) is 10.3 Å². The smallest absolute Gasteiger partial charge is 0.330 e. The third-order valence-corrected chi connectivity index (χ3v) is 5.33. The van der Waals surface area contributed by atoms with Gasteiger partial charge in [0.1, 0.15) is 12.1 Å². The molecule has 3 unspecified atom stereocenters. The molecule has 0 amide bonds. The SMILES string of the molecule is C/C=C/C(C)=C\C(NC(N)=NC/C=C(/c1[nH]cc(C(O)c2ccccc2)c1C)C(C)O)C(=O)O. The Morgan fingerprint density at radius 1 is 1.26 bits per heavy atom. The van der Waals surface area contributed by atoms with Crippen molar-refractivity contribution in [3.05, 3.63) is 88.8 Å². The number of rotatable bonds is 10. The molecular formula is C26H34N4O4. The highest BCUT2D eigenvalue weighted by molar-refractivity contribution is 5.86. The standard InChI is InChI=1S/C26H34N4O4/c1-5-9-16(2)14-22(25(33)34)30-26(27)28-13-12-20(18(4)31)23-17(3)21(15-29-23)24(32)19-10-7-6-8-11-19/h5-12,14-15,18,22,24,29,31-32H,13H2,1-4H3,(H,33,34)(H3,27,28,30)/b9-5+,16-14-,20-12+. The molecule has 8 heteroatoms. The highest BCUT2D eigenvalue weighted by Crippen LogP contribution is 2.30. The molecule has 7 N–H and O–H groups in total. The maximum Gasteiger partial charge on any atom is 0.330 e. The number of benzene rings is 1. The fourth-order valence-electron chi connectivity index (χ4n) is 3.59. The Kier molecular flexibility index (Phi) is 9.85. The van der Waals surface area contributed by atoms with Crippen LogP contribution >= 0.6 is 0 Å². The second-order valence-electron chi connectivity index (χ2n) is 7.99. The molecule has 1 aromatic heterocycles. The van der Waals surface area contributed by atoms with E-state index in [2.05, 4.69) is 15.3 Å². The average molecular weight is 467 g/mol. The van der Waals surface area contributed by atoms with E-state index in [0.29, 0.717) is 16.8 Å². The van der Waals surface area contributed by atoms with Crippen LogP contribution in [-0.4, -0.2) is 50.9 Å². The Hall–Kier alpha value is -3.62. The summed E-state index contributed by atoms with van der Waals surface area (Å²) >= 11 is 0. The highest BCUT2D eigenvalue weighted by atomic mass is 16.4. The summed E-state index contributed by atoms with van der Waals surface area (Å²) in [6.45, 7) is 7.28. The van der Waals surface area contributed by atoms with Gasteiger partial charge in [-0.2, -0.15) is 0 Å². The minimum Gasteiger partial charge on any atom is -0.479 e. The van der Waals surface area contributed by atoms with Crippen molar-refractivity contribution in [3.8, 4) is 0 Å². The maximum atomic E-state index is 11.5. The molecule has 3 atom stereocenters. The van der Waals surface area contributed by atoms with E-state index in [9.17, 15) is 20.1 Å². The van der Waals surface area contributed by atoms with Gasteiger partial charge >= 0.3 is 5.97 Å². The van der Waals surface area contributed by atoms with Crippen molar-refractivity contribution in [2.24, 2.45) is 10.7 Å². The number of aliphatic hydroxyl groups excluding tert-OH is 2. The second-order valence-corrected chi connectivity index (χ2v) is 7.99. The fourth-order valence-corrected chi connectivity index (χ4v) is 3.59. The van der Waals surface area contributed by atoms with E-state index in [1.165, 1.54) is 0 Å². The molecule has 0 bridgehead atoms. The minimum atomic E-state index is -1.08. The van der Waals surface area contributed by atoms with Gasteiger partial charge in [-0.05, 0) is 44.9 Å². The zero-order valence-electron chi connectivity index (χ0n) is 20.0. The van der Waals surface area contributed by atoms with Crippen molar-refractivity contribution in [2.45, 2.75) is 45.9 Å². The third-order valence-electron chi connectivity index (χ3n) is 5.33. The van der Waals surface area contributed by atoms with E-state index in [1.807, 2.05) is 50.3 Å². The number of aromatic nitrogens is 1. The van der Waals surface area contributed by atoms with Gasteiger partial charge in [-0.15, -0.1) is 0 Å². The Labute approximate surface area is 200 Å². The molecule has 0 saturated heterocycles. The quantitative estimate of drug-likeness (QED) is 0.180. The number of hydrogen-bond acceptors (Lipinski definition) is 4. The zero-order chi connectivity index (χ0) is 25.3. The van der Waals surface area contributed by atoms with Gasteiger partial charge in [0.05, 0.1) is 12.6 Å². The summed E-state index contributed by atoms with van der Waals surface area (Å²) in [6, 6.07) is 8.31. The molecule has 0 saturated carbocycles. The molecule has 2 rings (SSSR count). The third kappa shape index (κ3) is 7.19. The molecular weight excluding hydrogens is 432 g/mol. The largest absolute Gasteiger partial charge is 0.479 e. The predicted octanol–water partition coefficient (Wildman–Crippen LogP) is 3.05. The first-order valence-corrected chi connectivity index (χ1v) is 11.0. The van der Waals surface area contributed by atoms with Crippen LogP contribution in [0.3, 0.4) is 0 Å². The van der Waals surface area contributed by atoms with Crippen LogP contribution in [0.1, 0.15) is 49.3 Å². The number of carboxylic acids is 1. The Balaban J connectivity index is 2.21. The van der Waals surface area contributed by atoms with Crippen molar-refractivity contribution in [1.29, 1.82) is 0 Å². The van der Waals surface area contributed by atoms with Crippen LogP contribution in [0.25, 0.3) is 5.57 Å². The van der Waals surface area contributed by atoms with Crippen molar-refractivity contribution in [3.63, 3.8) is 0 Å². The number of H-pyrrole nitrogens is 1. The lowest BCUT2D eigenvalue weighted by atomic mass is 9.97. The number of aromatic amines is 1. The molecule has 2 aromatic rings. The van der Waals surface area contributed by atoms with Gasteiger partial charge in [0, 0.05) is 23.0 Å². The van der Waals surface area contributed by atoms with Crippen molar-refractivity contribution >= 4 is 17.5 Å². The lowest BCUT2D eigenvalue weighted by Gasteiger charge is -2.14. The Morgan fingerprint density at radius 2 is 1.94 bits per heavy atom. The summed E-state index contributed by atoms with van der Waals surface area (Å²) in [4.78, 5) is 18.9. The van der Waals surface area contributed by atoms with Gasteiger partial charge in [0.25, 0.3) is 0 Å². The molecule has 0 spiro atoms. The molecule has 0 radical (unpaired) electrons. The summed E-state index contributed by atoms with van der Waals surface area (Å²) < 4.78 is 0. The number of guanidine groups is 1. The average Bonchev–Trinajstić information content (AvgIpc) is 3.17. The molecule has 34 heavy (non-hydrogen) atoms. The number of hydrogen-bond donors (Lipinski definition) is 6. The number of carboxylic acid groups (broad SMARTS) is 1. The van der Waals surface area contributed by atoms with Crippen LogP contribution in [0.15, 0.2) is 71.4 Å². The molecule has 1 heterocycles. The summed E-state index contributed by atoms with van der Waals surface area (Å²) in [5.41, 5.74) is 10.3. The lowest BCUT2D eigenvalue weighted by molar-refractivity contribution is -0.137. The summed E-state index contributed by atoms with van der Waals surface area (Å²) in [5, 5.41) is 33.2. The lowest BCUT2D eigenvalue weighted by Crippen LogP contribution is -2.43. The maximum absolute atomic E-state index is 11.5. The van der Waals surface area contributed by atoms with Crippen molar-refractivity contribution in [2.75, 3.05) is 6.54 Å². The number of aliphatic hydroxyl groups is 2. The molecule has 8 nitrogen and oxygen atoms in total. The van der Waals surface area contributed by atoms with E-state index in [1.54, 1.807) is 38.3 Å². The number of nitrogens with two attached hydrogens (primary N) is 1. The first-order chi connectivity index (χ1) is 16.1. The fraction of sp³-hybridized carbons (Fsp3) is 0.308. The molecule has 0 aliphatic carbocycles. The van der Waals surface area contributed by atoms with Crippen molar-refractivity contribution < 1.29 is 20.1 Å². The number of aliphatic carboxylic acids is 1. The number of carbonyl (C=O) groups is 1. The first kappa shape index (κ1) is 26.6. The molecule has 0 aliphatic rings. The van der Waals surface area contributed by atoms with Gasteiger partial charge in [-0.3, -0.25) is 0 Å². The van der Waals surface area contributed by atoms with Gasteiger partial charge in [0.15, 0.2) is 5.96 Å². The van der Waals surface area contributed by atoms with E-state index < -0.39 is 24.2 Å². The number of nitrogens with one attached hydrogen (secondary N) is 2. The zero-order valence-corrected chi connectivity index (χ0v) is 20.0. The van der Waals surface area contributed by atoms with Crippen LogP contribution in [0.5, 0.6) is 0 Å². The summed E-state index contributed by atoms with van der Waals surface area (Å²) in [5.74, 6) is -1.10.